The van der Waals surface area contributed by atoms with Crippen LogP contribution >= 0.6 is 0 Å². The lowest BCUT2D eigenvalue weighted by molar-refractivity contribution is -0.141. The van der Waals surface area contributed by atoms with Gasteiger partial charge in [-0.25, -0.2) is 19.3 Å². The monoisotopic (exact) mass is 538 g/mol. The van der Waals surface area contributed by atoms with Crippen LogP contribution in [-0.4, -0.2) is 49.0 Å². The van der Waals surface area contributed by atoms with Crippen LogP contribution in [0, 0.1) is 0 Å². The molecule has 10 nitrogen and oxygen atoms in total. The van der Waals surface area contributed by atoms with Crippen LogP contribution in [0.2, 0.25) is 0 Å². The molecule has 5 rings (SSSR count). The number of halogens is 3. The van der Waals surface area contributed by atoms with Crippen molar-refractivity contribution in [2.75, 3.05) is 22.9 Å². The van der Waals surface area contributed by atoms with Gasteiger partial charge in [0.25, 0.3) is 5.91 Å². The highest BCUT2D eigenvalue weighted by atomic mass is 19.4. The predicted molar refractivity (Wildman–Crippen MR) is 139 cm³/mol. The van der Waals surface area contributed by atoms with E-state index in [-0.39, 0.29) is 23.6 Å². The second-order valence-corrected chi connectivity index (χ2v) is 9.26. The van der Waals surface area contributed by atoms with E-state index in [1.54, 1.807) is 30.5 Å². The first-order valence-electron chi connectivity index (χ1n) is 12.3. The molecule has 3 aromatic heterocycles. The lowest BCUT2D eigenvalue weighted by Crippen LogP contribution is -2.42. The summed E-state index contributed by atoms with van der Waals surface area (Å²) >= 11 is 0. The molecule has 39 heavy (non-hydrogen) atoms. The smallest absolute Gasteiger partial charge is 0.382 e. The van der Waals surface area contributed by atoms with Crippen LogP contribution in [0.15, 0.2) is 55.0 Å². The van der Waals surface area contributed by atoms with E-state index in [0.717, 1.165) is 31.4 Å². The van der Waals surface area contributed by atoms with Crippen LogP contribution in [-0.2, 0) is 6.18 Å². The lowest BCUT2D eigenvalue weighted by atomic mass is 9.98. The number of piperidine rings is 1. The first-order valence-corrected chi connectivity index (χ1v) is 12.3. The number of nitrogens with two attached hydrogens (primary N) is 1. The number of fused-ring (bicyclic) bond motifs is 1. The quantitative estimate of drug-likeness (QED) is 0.333. The van der Waals surface area contributed by atoms with Gasteiger partial charge in [-0.1, -0.05) is 18.2 Å². The zero-order chi connectivity index (χ0) is 27.7. The summed E-state index contributed by atoms with van der Waals surface area (Å²) in [4.78, 5) is 35.4. The Morgan fingerprint density at radius 3 is 2.56 bits per heavy atom. The van der Waals surface area contributed by atoms with Gasteiger partial charge in [0.05, 0.1) is 5.56 Å². The van der Waals surface area contributed by atoms with E-state index in [1.807, 2.05) is 11.8 Å². The van der Waals surface area contributed by atoms with Crippen molar-refractivity contribution in [3.05, 3.63) is 66.2 Å². The normalized spacial score (nSPS) is 15.8. The number of pyridine rings is 1. The molecule has 4 heterocycles. The second kappa shape index (κ2) is 10.2. The van der Waals surface area contributed by atoms with E-state index in [4.69, 9.17) is 5.73 Å². The molecule has 1 atom stereocenters. The summed E-state index contributed by atoms with van der Waals surface area (Å²) in [5.74, 6) is -0.164. The molecular weight excluding hydrogens is 513 g/mol. The Labute approximate surface area is 221 Å². The molecule has 1 aliphatic rings. The standard InChI is InChI=1S/C26H25F3N8O2/c1-15-5-2-3-12-36(15)24(38)18-13-37-22(23(30)31-14-32-37)21(18)16-8-10-17(11-9-16)33-25(39)35-20-7-4-6-19(34-20)26(27,28)29/h4,6-11,13-15H,2-3,5,12H2,1H3,(H2,30,31,32)(H2,33,34,35,39). The summed E-state index contributed by atoms with van der Waals surface area (Å²) < 4.78 is 40.2. The molecule has 202 valence electrons. The van der Waals surface area contributed by atoms with E-state index in [2.05, 4.69) is 25.7 Å². The Balaban J connectivity index is 1.41. The largest absolute Gasteiger partial charge is 0.433 e. The predicted octanol–water partition coefficient (Wildman–Crippen LogP) is 5.05. The first kappa shape index (κ1) is 25.9. The fourth-order valence-electron chi connectivity index (χ4n) is 4.70. The van der Waals surface area contributed by atoms with Gasteiger partial charge < -0.3 is 16.0 Å². The maximum absolute atomic E-state index is 13.6. The van der Waals surface area contributed by atoms with Crippen LogP contribution in [0.25, 0.3) is 16.6 Å². The maximum atomic E-state index is 13.6. The summed E-state index contributed by atoms with van der Waals surface area (Å²) in [6.07, 6.45) is 1.25. The molecule has 0 radical (unpaired) electrons. The fourth-order valence-corrected chi connectivity index (χ4v) is 4.70. The molecule has 4 aromatic rings. The van der Waals surface area contributed by atoms with E-state index >= 15 is 0 Å². The van der Waals surface area contributed by atoms with E-state index in [9.17, 15) is 22.8 Å². The van der Waals surface area contributed by atoms with Gasteiger partial charge in [-0.2, -0.15) is 18.3 Å². The molecule has 1 fully saturated rings. The number of anilines is 3. The highest BCUT2D eigenvalue weighted by molar-refractivity contribution is 6.07. The van der Waals surface area contributed by atoms with Crippen LogP contribution in [0.4, 0.5) is 35.3 Å². The summed E-state index contributed by atoms with van der Waals surface area (Å²) in [7, 11) is 0. The van der Waals surface area contributed by atoms with Crippen molar-refractivity contribution >= 4 is 34.8 Å². The molecule has 1 aliphatic heterocycles. The van der Waals surface area contributed by atoms with Gasteiger partial charge in [0.15, 0.2) is 5.82 Å². The summed E-state index contributed by atoms with van der Waals surface area (Å²) in [6.45, 7) is 2.69. The Bertz CT molecular complexity index is 1530. The Kier molecular flexibility index (Phi) is 6.81. The second-order valence-electron chi connectivity index (χ2n) is 9.26. The van der Waals surface area contributed by atoms with Gasteiger partial charge in [0, 0.05) is 30.0 Å². The third kappa shape index (κ3) is 5.33. The third-order valence-electron chi connectivity index (χ3n) is 6.61. The van der Waals surface area contributed by atoms with Crippen LogP contribution < -0.4 is 16.4 Å². The maximum Gasteiger partial charge on any atom is 0.433 e. The van der Waals surface area contributed by atoms with Crippen molar-refractivity contribution in [3.8, 4) is 11.1 Å². The number of rotatable bonds is 4. The van der Waals surface area contributed by atoms with E-state index in [1.165, 1.54) is 16.9 Å². The molecule has 0 bridgehead atoms. The van der Waals surface area contributed by atoms with Crippen molar-refractivity contribution in [2.24, 2.45) is 0 Å². The first-order chi connectivity index (χ1) is 18.6. The Morgan fingerprint density at radius 2 is 1.85 bits per heavy atom. The minimum Gasteiger partial charge on any atom is -0.382 e. The highest BCUT2D eigenvalue weighted by Crippen LogP contribution is 2.35. The molecule has 4 N–H and O–H groups in total. The summed E-state index contributed by atoms with van der Waals surface area (Å²) in [5, 5.41) is 9.08. The van der Waals surface area contributed by atoms with Gasteiger partial charge in [-0.15, -0.1) is 0 Å². The van der Waals surface area contributed by atoms with Gasteiger partial charge in [-0.05, 0) is 56.0 Å². The number of nitrogens with zero attached hydrogens (tertiary/aromatic N) is 5. The van der Waals surface area contributed by atoms with Crippen LogP contribution in [0.1, 0.15) is 42.2 Å². The van der Waals surface area contributed by atoms with Crippen LogP contribution in [0.3, 0.4) is 0 Å². The van der Waals surface area contributed by atoms with Gasteiger partial charge >= 0.3 is 12.2 Å². The van der Waals surface area contributed by atoms with Crippen molar-refractivity contribution in [2.45, 2.75) is 38.4 Å². The lowest BCUT2D eigenvalue weighted by Gasteiger charge is -2.33. The number of hydrogen-bond acceptors (Lipinski definition) is 6. The topological polar surface area (TPSA) is 131 Å². The van der Waals surface area contributed by atoms with Crippen molar-refractivity contribution in [3.63, 3.8) is 0 Å². The average Bonchev–Trinajstić information content (AvgIpc) is 3.30. The zero-order valence-corrected chi connectivity index (χ0v) is 20.9. The number of benzene rings is 1. The average molecular weight is 539 g/mol. The highest BCUT2D eigenvalue weighted by Gasteiger charge is 2.32. The SMILES string of the molecule is CC1CCCCN1C(=O)c1cn2ncnc(N)c2c1-c1ccc(NC(=O)Nc2cccc(C(F)(F)F)n2)cc1. The number of aromatic nitrogens is 4. The summed E-state index contributed by atoms with van der Waals surface area (Å²) in [5.41, 5.74) is 7.58. The molecule has 0 spiro atoms. The number of urea groups is 1. The molecule has 0 aliphatic carbocycles. The Hall–Kier alpha value is -4.68. The molecule has 1 aromatic carbocycles. The minimum atomic E-state index is -4.63. The minimum absolute atomic E-state index is 0.0990. The number of carbonyl (C=O) groups is 2. The Morgan fingerprint density at radius 1 is 1.08 bits per heavy atom. The molecule has 1 saturated heterocycles. The number of hydrogen-bond donors (Lipinski definition) is 3. The summed E-state index contributed by atoms with van der Waals surface area (Å²) in [6, 6.07) is 9.18. The molecule has 13 heteroatoms. The molecule has 3 amide bonds. The number of likely N-dealkylation sites (tertiary alicyclic amines) is 1. The number of amides is 3. The van der Waals surface area contributed by atoms with Crippen molar-refractivity contribution in [1.82, 2.24) is 24.5 Å². The number of alkyl halides is 3. The zero-order valence-electron chi connectivity index (χ0n) is 20.9. The van der Waals surface area contributed by atoms with Crippen LogP contribution in [0.5, 0.6) is 0 Å². The number of nitrogens with one attached hydrogen (secondary N) is 2. The van der Waals surface area contributed by atoms with Crippen molar-refractivity contribution in [1.29, 1.82) is 0 Å². The van der Waals surface area contributed by atoms with Gasteiger partial charge in [0.2, 0.25) is 0 Å². The van der Waals surface area contributed by atoms with E-state index in [0.29, 0.717) is 34.4 Å². The number of nitrogen functional groups attached to an aromatic ring is 1. The van der Waals surface area contributed by atoms with Gasteiger partial charge in [-0.3, -0.25) is 10.1 Å². The molecule has 0 saturated carbocycles. The molecule has 1 unspecified atom stereocenters. The fraction of sp³-hybridized carbons (Fsp3) is 0.269. The van der Waals surface area contributed by atoms with E-state index < -0.39 is 17.9 Å². The van der Waals surface area contributed by atoms with Gasteiger partial charge in [0.1, 0.15) is 23.4 Å². The third-order valence-corrected chi connectivity index (χ3v) is 6.61. The number of carbonyl (C=O) groups excluding carboxylic acids is 2. The van der Waals surface area contributed by atoms with Crippen molar-refractivity contribution < 1.29 is 22.8 Å². The molecular formula is C26H25F3N8O2.